The molecular formula is C14H20N2O2. The van der Waals surface area contributed by atoms with Crippen molar-refractivity contribution in [1.82, 2.24) is 5.32 Å². The zero-order valence-corrected chi connectivity index (χ0v) is 11.3. The third-order valence-corrected chi connectivity index (χ3v) is 2.59. The maximum Gasteiger partial charge on any atom is 0.247 e. The van der Waals surface area contributed by atoms with E-state index in [4.69, 9.17) is 0 Å². The van der Waals surface area contributed by atoms with E-state index in [1.165, 1.54) is 6.92 Å². The monoisotopic (exact) mass is 248 g/mol. The molecule has 0 aliphatic rings. The van der Waals surface area contributed by atoms with E-state index in [2.05, 4.69) is 10.6 Å². The molecule has 1 aromatic rings. The van der Waals surface area contributed by atoms with Gasteiger partial charge in [-0.1, -0.05) is 26.0 Å². The normalized spacial score (nSPS) is 12.1. The number of carbonyl (C=O) groups is 2. The zero-order valence-electron chi connectivity index (χ0n) is 11.3. The molecule has 2 N–H and O–H groups in total. The van der Waals surface area contributed by atoms with Crippen molar-refractivity contribution < 1.29 is 9.59 Å². The van der Waals surface area contributed by atoms with Crippen molar-refractivity contribution in [2.75, 3.05) is 5.32 Å². The second kappa shape index (κ2) is 6.19. The number of carbonyl (C=O) groups excluding carboxylic acids is 2. The molecule has 0 radical (unpaired) electrons. The fourth-order valence-electron chi connectivity index (χ4n) is 1.70. The van der Waals surface area contributed by atoms with E-state index in [1.54, 1.807) is 0 Å². The van der Waals surface area contributed by atoms with Crippen LogP contribution in [0.25, 0.3) is 0 Å². The van der Waals surface area contributed by atoms with Crippen LogP contribution in [0.5, 0.6) is 0 Å². The second-order valence-electron chi connectivity index (χ2n) is 4.78. The lowest BCUT2D eigenvalue weighted by molar-refractivity contribution is -0.126. The molecule has 0 aliphatic carbocycles. The van der Waals surface area contributed by atoms with E-state index in [1.807, 2.05) is 45.0 Å². The van der Waals surface area contributed by atoms with Gasteiger partial charge < -0.3 is 10.6 Å². The van der Waals surface area contributed by atoms with Crippen molar-refractivity contribution in [2.24, 2.45) is 5.92 Å². The maximum absolute atomic E-state index is 12.1. The van der Waals surface area contributed by atoms with E-state index in [0.717, 1.165) is 11.3 Å². The quantitative estimate of drug-likeness (QED) is 0.857. The molecule has 0 saturated carbocycles. The molecule has 0 aliphatic heterocycles. The highest BCUT2D eigenvalue weighted by Gasteiger charge is 2.22. The number of hydrogen-bond donors (Lipinski definition) is 2. The first-order valence-electron chi connectivity index (χ1n) is 6.04. The molecule has 0 spiro atoms. The highest BCUT2D eigenvalue weighted by Crippen LogP contribution is 2.11. The first-order chi connectivity index (χ1) is 8.40. The van der Waals surface area contributed by atoms with E-state index in [0.29, 0.717) is 0 Å². The summed E-state index contributed by atoms with van der Waals surface area (Å²) in [4.78, 5) is 23.2. The van der Waals surface area contributed by atoms with Gasteiger partial charge in [-0.15, -0.1) is 0 Å². The van der Waals surface area contributed by atoms with Gasteiger partial charge in [-0.25, -0.2) is 0 Å². The van der Waals surface area contributed by atoms with E-state index >= 15 is 0 Å². The molecule has 1 aromatic carbocycles. The first-order valence-corrected chi connectivity index (χ1v) is 6.04. The Morgan fingerprint density at radius 3 is 2.39 bits per heavy atom. The van der Waals surface area contributed by atoms with Crippen molar-refractivity contribution in [1.29, 1.82) is 0 Å². The molecule has 0 bridgehead atoms. The van der Waals surface area contributed by atoms with Crippen LogP contribution < -0.4 is 10.6 Å². The largest absolute Gasteiger partial charge is 0.344 e. The second-order valence-corrected chi connectivity index (χ2v) is 4.78. The number of benzene rings is 1. The molecule has 2 amide bonds. The first kappa shape index (κ1) is 14.2. The van der Waals surface area contributed by atoms with Crippen LogP contribution in [0.4, 0.5) is 5.69 Å². The van der Waals surface area contributed by atoms with Crippen LogP contribution in [0.3, 0.4) is 0 Å². The van der Waals surface area contributed by atoms with Crippen LogP contribution in [0.15, 0.2) is 24.3 Å². The minimum atomic E-state index is -0.511. The van der Waals surface area contributed by atoms with Crippen molar-refractivity contribution in [3.8, 4) is 0 Å². The zero-order chi connectivity index (χ0) is 13.7. The van der Waals surface area contributed by atoms with Crippen LogP contribution in [-0.2, 0) is 9.59 Å². The van der Waals surface area contributed by atoms with Crippen LogP contribution in [0.1, 0.15) is 26.3 Å². The average Bonchev–Trinajstić information content (AvgIpc) is 2.25. The summed E-state index contributed by atoms with van der Waals surface area (Å²) in [6, 6.07) is 7.05. The summed E-state index contributed by atoms with van der Waals surface area (Å²) in [5.41, 5.74) is 1.82. The summed E-state index contributed by atoms with van der Waals surface area (Å²) in [5.74, 6) is -0.349. The highest BCUT2D eigenvalue weighted by molar-refractivity contribution is 5.97. The Morgan fingerprint density at radius 2 is 1.89 bits per heavy atom. The minimum absolute atomic E-state index is 0.0405. The predicted molar refractivity (Wildman–Crippen MR) is 72.3 cm³/mol. The molecule has 1 rings (SSSR count). The van der Waals surface area contributed by atoms with Gasteiger partial charge in [0.1, 0.15) is 6.04 Å². The Balaban J connectivity index is 2.75. The molecule has 0 aromatic heterocycles. The fourth-order valence-corrected chi connectivity index (χ4v) is 1.70. The molecule has 18 heavy (non-hydrogen) atoms. The van der Waals surface area contributed by atoms with Crippen LogP contribution in [0.2, 0.25) is 0 Å². The third-order valence-electron chi connectivity index (χ3n) is 2.59. The standard InChI is InChI=1S/C14H20N2O2/c1-9(2)13(15-11(4)17)14(18)16-12-7-5-6-10(3)8-12/h5-9,13H,1-4H3,(H,15,17)(H,16,18)/t13-/m0/s1. The Bertz CT molecular complexity index is 441. The number of nitrogens with one attached hydrogen (secondary N) is 2. The van der Waals surface area contributed by atoms with Gasteiger partial charge in [0.05, 0.1) is 0 Å². The Morgan fingerprint density at radius 1 is 1.22 bits per heavy atom. The van der Waals surface area contributed by atoms with E-state index in [-0.39, 0.29) is 17.7 Å². The lowest BCUT2D eigenvalue weighted by Crippen LogP contribution is -2.46. The summed E-state index contributed by atoms with van der Waals surface area (Å²) in [5, 5.41) is 5.48. The van der Waals surface area contributed by atoms with Crippen molar-refractivity contribution in [3.63, 3.8) is 0 Å². The third kappa shape index (κ3) is 4.20. The predicted octanol–water partition coefficient (Wildman–Crippen LogP) is 2.09. The Labute approximate surface area is 108 Å². The number of anilines is 1. The fraction of sp³-hybridized carbons (Fsp3) is 0.429. The van der Waals surface area contributed by atoms with Gasteiger partial charge in [-0.3, -0.25) is 9.59 Å². The van der Waals surface area contributed by atoms with Gasteiger partial charge in [0.15, 0.2) is 0 Å². The highest BCUT2D eigenvalue weighted by atomic mass is 16.2. The van der Waals surface area contributed by atoms with Crippen LogP contribution >= 0.6 is 0 Å². The van der Waals surface area contributed by atoms with Gasteiger partial charge in [-0.05, 0) is 30.5 Å². The number of rotatable bonds is 4. The SMILES string of the molecule is CC(=O)N[C@H](C(=O)Nc1cccc(C)c1)C(C)C. The van der Waals surface area contributed by atoms with Gasteiger partial charge in [-0.2, -0.15) is 0 Å². The van der Waals surface area contributed by atoms with Crippen molar-refractivity contribution in [3.05, 3.63) is 29.8 Å². The summed E-state index contributed by atoms with van der Waals surface area (Å²) < 4.78 is 0. The summed E-state index contributed by atoms with van der Waals surface area (Å²) in [6.45, 7) is 7.17. The topological polar surface area (TPSA) is 58.2 Å². The number of amides is 2. The van der Waals surface area contributed by atoms with Crippen molar-refractivity contribution in [2.45, 2.75) is 33.7 Å². The smallest absolute Gasteiger partial charge is 0.247 e. The molecule has 98 valence electrons. The maximum atomic E-state index is 12.1. The molecule has 0 fully saturated rings. The number of hydrogen-bond acceptors (Lipinski definition) is 2. The molecule has 0 unspecified atom stereocenters. The van der Waals surface area contributed by atoms with E-state index in [9.17, 15) is 9.59 Å². The van der Waals surface area contributed by atoms with Crippen LogP contribution in [-0.4, -0.2) is 17.9 Å². The lowest BCUT2D eigenvalue weighted by atomic mass is 10.0. The van der Waals surface area contributed by atoms with Gasteiger partial charge >= 0.3 is 0 Å². The van der Waals surface area contributed by atoms with Crippen LogP contribution in [0, 0.1) is 12.8 Å². The van der Waals surface area contributed by atoms with Gasteiger partial charge in [0, 0.05) is 12.6 Å². The molecule has 4 heteroatoms. The van der Waals surface area contributed by atoms with Gasteiger partial charge in [0.25, 0.3) is 0 Å². The summed E-state index contributed by atoms with van der Waals surface area (Å²) >= 11 is 0. The molecular weight excluding hydrogens is 228 g/mol. The summed E-state index contributed by atoms with van der Waals surface area (Å²) in [6.07, 6.45) is 0. The molecule has 4 nitrogen and oxygen atoms in total. The molecule has 0 heterocycles. The molecule has 1 atom stereocenters. The molecule has 0 saturated heterocycles. The average molecular weight is 248 g/mol. The lowest BCUT2D eigenvalue weighted by Gasteiger charge is -2.21. The number of aryl methyl sites for hydroxylation is 1. The van der Waals surface area contributed by atoms with E-state index < -0.39 is 6.04 Å². The Kier molecular flexibility index (Phi) is 4.89. The summed E-state index contributed by atoms with van der Waals surface area (Å²) in [7, 11) is 0. The van der Waals surface area contributed by atoms with Gasteiger partial charge in [0.2, 0.25) is 11.8 Å². The minimum Gasteiger partial charge on any atom is -0.344 e. The van der Waals surface area contributed by atoms with Crippen molar-refractivity contribution >= 4 is 17.5 Å². The Hall–Kier alpha value is -1.84.